The van der Waals surface area contributed by atoms with Crippen LogP contribution in [0.1, 0.15) is 5.69 Å². The molecule has 3 rings (SSSR count). The molecular weight excluding hydrogens is 355 g/mol. The number of thiazole rings is 1. The lowest BCUT2D eigenvalue weighted by Gasteiger charge is -2.06. The van der Waals surface area contributed by atoms with E-state index in [4.69, 9.17) is 16.3 Å². The van der Waals surface area contributed by atoms with Crippen molar-refractivity contribution >= 4 is 43.8 Å². The Morgan fingerprint density at radius 1 is 1.47 bits per heavy atom. The molecule has 0 aliphatic carbocycles. The van der Waals surface area contributed by atoms with Gasteiger partial charge in [-0.05, 0) is 18.2 Å². The summed E-state index contributed by atoms with van der Waals surface area (Å²) in [6.07, 6.45) is 1.92. The van der Waals surface area contributed by atoms with Crippen LogP contribution in [0.4, 0.5) is 4.39 Å². The van der Waals surface area contributed by atoms with E-state index in [2.05, 4.69) is 20.9 Å². The van der Waals surface area contributed by atoms with Gasteiger partial charge in [-0.1, -0.05) is 27.5 Å². The van der Waals surface area contributed by atoms with Gasteiger partial charge in [-0.15, -0.1) is 11.3 Å². The molecule has 3 nitrogen and oxygen atoms in total. The smallest absolute Gasteiger partial charge is 0.243 e. The monoisotopic (exact) mass is 360 g/mol. The molecule has 19 heavy (non-hydrogen) atoms. The van der Waals surface area contributed by atoms with Crippen LogP contribution in [0, 0.1) is 5.82 Å². The fourth-order valence-electron chi connectivity index (χ4n) is 1.68. The molecule has 3 aromatic rings. The Morgan fingerprint density at radius 2 is 2.32 bits per heavy atom. The number of halogens is 3. The second-order valence-electron chi connectivity index (χ2n) is 3.73. The highest BCUT2D eigenvalue weighted by Crippen LogP contribution is 2.33. The molecule has 0 atom stereocenters. The lowest BCUT2D eigenvalue weighted by atomic mass is 10.3. The molecular formula is C12H7BrClFN2OS. The number of hydrogen-bond donors (Lipinski definition) is 0. The zero-order chi connectivity index (χ0) is 13.4. The summed E-state index contributed by atoms with van der Waals surface area (Å²) in [7, 11) is 0. The number of imidazole rings is 1. The van der Waals surface area contributed by atoms with Crippen LogP contribution in [0.5, 0.6) is 11.6 Å². The molecule has 2 heterocycles. The van der Waals surface area contributed by atoms with Crippen LogP contribution < -0.4 is 4.74 Å². The van der Waals surface area contributed by atoms with E-state index in [1.54, 1.807) is 0 Å². The molecule has 98 valence electrons. The summed E-state index contributed by atoms with van der Waals surface area (Å²) in [5.74, 6) is 0.456. The van der Waals surface area contributed by atoms with Crippen molar-refractivity contribution in [3.05, 3.63) is 46.3 Å². The molecule has 0 amide bonds. The minimum absolute atomic E-state index is 0.219. The number of rotatable bonds is 3. The van der Waals surface area contributed by atoms with E-state index in [9.17, 15) is 4.39 Å². The van der Waals surface area contributed by atoms with Crippen molar-refractivity contribution in [1.29, 1.82) is 0 Å². The van der Waals surface area contributed by atoms with Crippen LogP contribution in [0.25, 0.3) is 4.96 Å². The van der Waals surface area contributed by atoms with E-state index in [0.29, 0.717) is 17.0 Å². The second-order valence-corrected chi connectivity index (χ2v) is 5.57. The van der Waals surface area contributed by atoms with Crippen LogP contribution >= 0.6 is 38.9 Å². The first-order valence-corrected chi connectivity index (χ1v) is 7.70. The summed E-state index contributed by atoms with van der Waals surface area (Å²) >= 11 is 10.9. The molecule has 0 saturated heterocycles. The highest BCUT2D eigenvalue weighted by molar-refractivity contribution is 9.08. The molecule has 0 unspecified atom stereocenters. The van der Waals surface area contributed by atoms with Crippen molar-refractivity contribution < 1.29 is 9.13 Å². The second kappa shape index (κ2) is 5.11. The normalized spacial score (nSPS) is 11.1. The largest absolute Gasteiger partial charge is 0.436 e. The molecule has 0 aliphatic heterocycles. The van der Waals surface area contributed by atoms with E-state index in [-0.39, 0.29) is 5.02 Å². The average Bonchev–Trinajstić information content (AvgIpc) is 2.92. The predicted octanol–water partition coefficient (Wildman–Crippen LogP) is 4.88. The zero-order valence-corrected chi connectivity index (χ0v) is 12.6. The number of ether oxygens (including phenoxy) is 1. The van der Waals surface area contributed by atoms with Crippen LogP contribution in [0.3, 0.4) is 0 Å². The van der Waals surface area contributed by atoms with Crippen molar-refractivity contribution in [3.63, 3.8) is 0 Å². The van der Waals surface area contributed by atoms with Crippen LogP contribution in [0.15, 0.2) is 29.8 Å². The highest BCUT2D eigenvalue weighted by Gasteiger charge is 2.15. The fourth-order valence-corrected chi connectivity index (χ4v) is 3.12. The maximum atomic E-state index is 13.0. The number of nitrogens with zero attached hydrogens (tertiary/aromatic N) is 2. The van der Waals surface area contributed by atoms with Gasteiger partial charge >= 0.3 is 0 Å². The zero-order valence-electron chi connectivity index (χ0n) is 9.44. The first-order chi connectivity index (χ1) is 9.19. The maximum Gasteiger partial charge on any atom is 0.243 e. The predicted molar refractivity (Wildman–Crippen MR) is 77.2 cm³/mol. The van der Waals surface area contributed by atoms with Crippen molar-refractivity contribution in [2.75, 3.05) is 0 Å². The highest BCUT2D eigenvalue weighted by atomic mass is 79.9. The first kappa shape index (κ1) is 12.9. The van der Waals surface area contributed by atoms with Crippen LogP contribution in [-0.4, -0.2) is 9.38 Å². The van der Waals surface area contributed by atoms with E-state index < -0.39 is 5.82 Å². The summed E-state index contributed by atoms with van der Waals surface area (Å²) in [6.45, 7) is 0. The maximum absolute atomic E-state index is 13.0. The van der Waals surface area contributed by atoms with E-state index in [1.165, 1.54) is 29.5 Å². The fraction of sp³-hybridized carbons (Fsp3) is 0.0833. The summed E-state index contributed by atoms with van der Waals surface area (Å²) in [4.78, 5) is 5.22. The molecule has 0 radical (unpaired) electrons. The molecule has 7 heteroatoms. The van der Waals surface area contributed by atoms with Gasteiger partial charge in [0.05, 0.1) is 10.7 Å². The van der Waals surface area contributed by atoms with Gasteiger partial charge in [0.2, 0.25) is 5.88 Å². The van der Waals surface area contributed by atoms with Gasteiger partial charge in [0.25, 0.3) is 0 Å². The number of hydrogen-bond acceptors (Lipinski definition) is 3. The minimum atomic E-state index is -0.399. The number of fused-ring (bicyclic) bond motifs is 1. The van der Waals surface area contributed by atoms with Gasteiger partial charge in [-0.2, -0.15) is 4.98 Å². The Bertz CT molecular complexity index is 742. The minimum Gasteiger partial charge on any atom is -0.436 e. The van der Waals surface area contributed by atoms with Gasteiger partial charge < -0.3 is 4.74 Å². The number of alkyl halides is 1. The van der Waals surface area contributed by atoms with E-state index >= 15 is 0 Å². The third kappa shape index (κ3) is 2.35. The standard InChI is InChI=1S/C12H7BrClFN2OS/c13-6-9-11(16-12-17(9)3-4-19-12)18-10-2-1-7(15)5-8(10)14/h1-5H,6H2. The first-order valence-electron chi connectivity index (χ1n) is 5.32. The average molecular weight is 362 g/mol. The third-order valence-corrected chi connectivity index (χ3v) is 4.13. The Kier molecular flexibility index (Phi) is 3.47. The Hall–Kier alpha value is -1.11. The van der Waals surface area contributed by atoms with E-state index in [0.717, 1.165) is 10.7 Å². The molecule has 0 aliphatic rings. The van der Waals surface area contributed by atoms with Gasteiger partial charge in [0.1, 0.15) is 11.6 Å². The summed E-state index contributed by atoms with van der Waals surface area (Å²) < 4.78 is 20.6. The topological polar surface area (TPSA) is 26.5 Å². The summed E-state index contributed by atoms with van der Waals surface area (Å²) in [6, 6.07) is 4.00. The van der Waals surface area contributed by atoms with Crippen molar-refractivity contribution in [3.8, 4) is 11.6 Å². The number of benzene rings is 1. The van der Waals surface area contributed by atoms with Gasteiger partial charge in [-0.25, -0.2) is 4.39 Å². The molecule has 1 aromatic carbocycles. The Morgan fingerprint density at radius 3 is 3.05 bits per heavy atom. The van der Waals surface area contributed by atoms with Crippen LogP contribution in [-0.2, 0) is 5.33 Å². The number of aromatic nitrogens is 2. The van der Waals surface area contributed by atoms with E-state index in [1.807, 2.05) is 16.0 Å². The lowest BCUT2D eigenvalue weighted by molar-refractivity contribution is 0.460. The van der Waals surface area contributed by atoms with Gasteiger partial charge in [0.15, 0.2) is 4.96 Å². The lowest BCUT2D eigenvalue weighted by Crippen LogP contribution is -1.91. The Labute approximate surface area is 125 Å². The molecule has 0 fully saturated rings. The quantitative estimate of drug-likeness (QED) is 0.622. The molecule has 0 bridgehead atoms. The SMILES string of the molecule is Fc1ccc(Oc2nc3sccn3c2CBr)c(Cl)c1. The summed E-state index contributed by atoms with van der Waals surface area (Å²) in [5, 5.41) is 2.76. The molecule has 0 spiro atoms. The van der Waals surface area contributed by atoms with Crippen molar-refractivity contribution in [1.82, 2.24) is 9.38 Å². The van der Waals surface area contributed by atoms with Crippen LogP contribution in [0.2, 0.25) is 5.02 Å². The summed E-state index contributed by atoms with van der Waals surface area (Å²) in [5.41, 5.74) is 0.886. The molecule has 2 aromatic heterocycles. The van der Waals surface area contributed by atoms with Crippen molar-refractivity contribution in [2.24, 2.45) is 0 Å². The third-order valence-electron chi connectivity index (χ3n) is 2.55. The molecule has 0 N–H and O–H groups in total. The van der Waals surface area contributed by atoms with Gasteiger partial charge in [0, 0.05) is 16.9 Å². The molecule has 0 saturated carbocycles. The van der Waals surface area contributed by atoms with Crippen molar-refractivity contribution in [2.45, 2.75) is 5.33 Å². The van der Waals surface area contributed by atoms with Gasteiger partial charge in [-0.3, -0.25) is 4.40 Å². The Balaban J connectivity index is 2.02.